The molecule has 21 heavy (non-hydrogen) atoms. The second-order valence-electron chi connectivity index (χ2n) is 4.17. The molecule has 112 valence electrons. The second-order valence-corrected chi connectivity index (χ2v) is 6.90. The molecule has 0 aliphatic heterocycles. The van der Waals surface area contributed by atoms with E-state index in [0.717, 1.165) is 15.9 Å². The van der Waals surface area contributed by atoms with E-state index in [0.29, 0.717) is 0 Å². The van der Waals surface area contributed by atoms with E-state index in [1.54, 1.807) is 24.5 Å². The number of hydrogen-bond donors (Lipinski definition) is 1. The van der Waals surface area contributed by atoms with E-state index in [2.05, 4.69) is 20.9 Å². The molecule has 0 aliphatic rings. The Balaban J connectivity index is 2.31. The molecule has 0 saturated heterocycles. The molecule has 0 bridgehead atoms. The second kappa shape index (κ2) is 5.96. The fourth-order valence-electron chi connectivity index (χ4n) is 1.63. The summed E-state index contributed by atoms with van der Waals surface area (Å²) in [7, 11) is -2.47. The third-order valence-electron chi connectivity index (χ3n) is 2.71. The molecule has 0 atom stereocenters. The number of furan rings is 1. The maximum absolute atomic E-state index is 12.4. The van der Waals surface area contributed by atoms with E-state index in [4.69, 9.17) is 9.52 Å². The first kappa shape index (κ1) is 15.7. The van der Waals surface area contributed by atoms with Crippen LogP contribution in [0.2, 0.25) is 0 Å². The highest BCUT2D eigenvalue weighted by atomic mass is 79.9. The third-order valence-corrected chi connectivity index (χ3v) is 5.37. The molecule has 0 saturated carbocycles. The number of halogens is 1. The van der Waals surface area contributed by atoms with Crippen LogP contribution in [0.4, 0.5) is 0 Å². The van der Waals surface area contributed by atoms with E-state index in [-0.39, 0.29) is 16.1 Å². The largest absolute Gasteiger partial charge is 0.475 e. The number of carboxylic acids is 1. The molecule has 2 heterocycles. The smallest absolute Gasteiger partial charge is 0.371 e. The van der Waals surface area contributed by atoms with Gasteiger partial charge < -0.3 is 9.52 Å². The summed E-state index contributed by atoms with van der Waals surface area (Å²) in [6.45, 7) is 0.130. The van der Waals surface area contributed by atoms with E-state index in [1.165, 1.54) is 7.05 Å². The predicted octanol–water partition coefficient (Wildman–Crippen LogP) is 1.96. The summed E-state index contributed by atoms with van der Waals surface area (Å²) in [6.07, 6.45) is 3.12. The summed E-state index contributed by atoms with van der Waals surface area (Å²) in [5.74, 6) is -1.79. The highest BCUT2D eigenvalue weighted by Crippen LogP contribution is 2.28. The molecule has 0 aliphatic carbocycles. The van der Waals surface area contributed by atoms with Crippen LogP contribution >= 0.6 is 15.9 Å². The summed E-state index contributed by atoms with van der Waals surface area (Å²) in [6, 6.07) is 4.36. The van der Waals surface area contributed by atoms with Crippen LogP contribution in [0.25, 0.3) is 0 Å². The molecule has 7 nitrogen and oxygen atoms in total. The van der Waals surface area contributed by atoms with Gasteiger partial charge in [-0.1, -0.05) is 0 Å². The predicted molar refractivity (Wildman–Crippen MR) is 76.3 cm³/mol. The molecule has 9 heteroatoms. The Kier molecular flexibility index (Phi) is 4.45. The fraction of sp³-hybridized carbons (Fsp3) is 0.167. The molecule has 0 spiro atoms. The zero-order chi connectivity index (χ0) is 15.6. The van der Waals surface area contributed by atoms with Crippen LogP contribution < -0.4 is 0 Å². The van der Waals surface area contributed by atoms with Crippen LogP contribution in [0.1, 0.15) is 16.1 Å². The lowest BCUT2D eigenvalue weighted by Crippen LogP contribution is -2.26. The average Bonchev–Trinajstić information content (AvgIpc) is 2.83. The Morgan fingerprint density at radius 3 is 2.57 bits per heavy atom. The van der Waals surface area contributed by atoms with Gasteiger partial charge in [0.2, 0.25) is 15.8 Å². The minimum Gasteiger partial charge on any atom is -0.475 e. The number of aromatic nitrogens is 1. The van der Waals surface area contributed by atoms with Crippen LogP contribution in [0, 0.1) is 0 Å². The Labute approximate surface area is 129 Å². The van der Waals surface area contributed by atoms with E-state index in [1.807, 2.05) is 0 Å². The molecule has 2 aromatic heterocycles. The van der Waals surface area contributed by atoms with Gasteiger partial charge in [0, 0.05) is 32.1 Å². The lowest BCUT2D eigenvalue weighted by molar-refractivity contribution is 0.0661. The zero-order valence-electron chi connectivity index (χ0n) is 10.9. The van der Waals surface area contributed by atoms with Gasteiger partial charge in [-0.2, -0.15) is 4.31 Å². The first-order valence-electron chi connectivity index (χ1n) is 5.70. The number of nitrogens with zero attached hydrogens (tertiary/aromatic N) is 2. The van der Waals surface area contributed by atoms with Crippen molar-refractivity contribution in [3.8, 4) is 0 Å². The topological polar surface area (TPSA) is 101 Å². The van der Waals surface area contributed by atoms with Crippen molar-refractivity contribution in [3.05, 3.63) is 46.6 Å². The van der Waals surface area contributed by atoms with E-state index < -0.39 is 21.8 Å². The van der Waals surface area contributed by atoms with Gasteiger partial charge in [-0.05, 0) is 33.6 Å². The summed E-state index contributed by atoms with van der Waals surface area (Å²) in [5.41, 5.74) is 0.758. The van der Waals surface area contributed by atoms with Gasteiger partial charge in [-0.3, -0.25) is 4.98 Å². The highest BCUT2D eigenvalue weighted by molar-refractivity contribution is 9.10. The molecule has 2 aromatic rings. The van der Waals surface area contributed by atoms with Gasteiger partial charge in [0.25, 0.3) is 0 Å². The molecule has 1 N–H and O–H groups in total. The third kappa shape index (κ3) is 3.31. The molecule has 0 fully saturated rings. The zero-order valence-corrected chi connectivity index (χ0v) is 13.3. The number of hydrogen-bond acceptors (Lipinski definition) is 5. The Morgan fingerprint density at radius 1 is 1.43 bits per heavy atom. The number of rotatable bonds is 5. The Morgan fingerprint density at radius 2 is 2.05 bits per heavy atom. The van der Waals surface area contributed by atoms with Gasteiger partial charge >= 0.3 is 5.97 Å². The number of sulfonamides is 1. The van der Waals surface area contributed by atoms with Crippen molar-refractivity contribution in [2.75, 3.05) is 7.05 Å². The van der Waals surface area contributed by atoms with Crippen LogP contribution in [-0.4, -0.2) is 35.8 Å². The standard InChI is InChI=1S/C12H11BrN2O5S/c1-15(7-8-2-4-14-5-3-8)21(18,19)10-6-9(12(16)17)20-11(10)13/h2-6H,7H2,1H3,(H,16,17). The van der Waals surface area contributed by atoms with E-state index >= 15 is 0 Å². The Hall–Kier alpha value is -1.71. The number of aromatic carboxylic acids is 1. The van der Waals surface area contributed by atoms with Crippen molar-refractivity contribution >= 4 is 31.9 Å². The van der Waals surface area contributed by atoms with Gasteiger partial charge in [-0.15, -0.1) is 0 Å². The Bertz CT molecular complexity index is 757. The maximum atomic E-state index is 12.4. The summed E-state index contributed by atoms with van der Waals surface area (Å²) >= 11 is 2.93. The van der Waals surface area contributed by atoms with Crippen LogP contribution in [0.3, 0.4) is 0 Å². The van der Waals surface area contributed by atoms with Gasteiger partial charge in [0.05, 0.1) is 0 Å². The first-order chi connectivity index (χ1) is 9.82. The fourth-order valence-corrected chi connectivity index (χ4v) is 3.69. The van der Waals surface area contributed by atoms with Crippen molar-refractivity contribution in [2.24, 2.45) is 0 Å². The lowest BCUT2D eigenvalue weighted by Gasteiger charge is -2.16. The molecule has 0 radical (unpaired) electrons. The van der Waals surface area contributed by atoms with Gasteiger partial charge in [0.15, 0.2) is 4.67 Å². The van der Waals surface area contributed by atoms with Crippen molar-refractivity contribution in [3.63, 3.8) is 0 Å². The van der Waals surface area contributed by atoms with E-state index in [9.17, 15) is 13.2 Å². The first-order valence-corrected chi connectivity index (χ1v) is 7.93. The van der Waals surface area contributed by atoms with Crippen LogP contribution in [0.5, 0.6) is 0 Å². The molecular formula is C12H11BrN2O5S. The normalized spacial score (nSPS) is 11.8. The summed E-state index contributed by atoms with van der Waals surface area (Å²) in [4.78, 5) is 14.5. The molecule has 0 aromatic carbocycles. The van der Waals surface area contributed by atoms with Crippen molar-refractivity contribution in [1.82, 2.24) is 9.29 Å². The molecule has 2 rings (SSSR count). The summed E-state index contributed by atoms with van der Waals surface area (Å²) < 4.78 is 30.7. The molecular weight excluding hydrogens is 364 g/mol. The van der Waals surface area contributed by atoms with Crippen molar-refractivity contribution < 1.29 is 22.7 Å². The maximum Gasteiger partial charge on any atom is 0.371 e. The average molecular weight is 375 g/mol. The van der Waals surface area contributed by atoms with Gasteiger partial charge in [-0.25, -0.2) is 13.2 Å². The summed E-state index contributed by atoms with van der Waals surface area (Å²) in [5, 5.41) is 8.83. The minimum absolute atomic E-state index is 0.130. The monoisotopic (exact) mass is 374 g/mol. The number of carbonyl (C=O) groups is 1. The number of carboxylic acid groups (broad SMARTS) is 1. The van der Waals surface area contributed by atoms with Crippen molar-refractivity contribution in [1.29, 1.82) is 0 Å². The van der Waals surface area contributed by atoms with Crippen LogP contribution in [-0.2, 0) is 16.6 Å². The van der Waals surface area contributed by atoms with Crippen LogP contribution in [0.15, 0.2) is 44.6 Å². The SMILES string of the molecule is CN(Cc1ccncc1)S(=O)(=O)c1cc(C(=O)O)oc1Br. The van der Waals surface area contributed by atoms with Gasteiger partial charge in [0.1, 0.15) is 4.90 Å². The minimum atomic E-state index is -3.87. The lowest BCUT2D eigenvalue weighted by atomic mass is 10.3. The highest BCUT2D eigenvalue weighted by Gasteiger charge is 2.28. The quantitative estimate of drug-likeness (QED) is 0.858. The van der Waals surface area contributed by atoms with Crippen molar-refractivity contribution in [2.45, 2.75) is 11.4 Å². The molecule has 0 unspecified atom stereocenters. The number of pyridine rings is 1. The molecule has 0 amide bonds.